The zero-order valence-corrected chi connectivity index (χ0v) is 12.8. The molecular weight excluding hydrogens is 284 g/mol. The number of rotatable bonds is 4. The Balaban J connectivity index is 2.22. The number of imide groups is 1. The molecule has 0 aliphatic rings. The first-order valence-electron chi connectivity index (χ1n) is 6.73. The average Bonchev–Trinajstić information content (AvgIpc) is 2.43. The molecule has 0 spiro atoms. The van der Waals surface area contributed by atoms with Crippen molar-refractivity contribution >= 4 is 34.5 Å². The highest BCUT2D eigenvalue weighted by molar-refractivity contribution is 8.00. The van der Waals surface area contributed by atoms with Gasteiger partial charge < -0.3 is 5.73 Å². The number of nitrogens with two attached hydrogens (primary N) is 1. The van der Waals surface area contributed by atoms with Crippen molar-refractivity contribution in [3.63, 3.8) is 0 Å². The zero-order chi connectivity index (χ0) is 15.4. The van der Waals surface area contributed by atoms with Crippen LogP contribution in [-0.4, -0.2) is 17.2 Å². The lowest BCUT2D eigenvalue weighted by molar-refractivity contribution is -0.120. The van der Waals surface area contributed by atoms with Gasteiger partial charge in [-0.3, -0.25) is 10.1 Å². The number of carbonyl (C=O) groups excluding carboxylic acids is 2. The van der Waals surface area contributed by atoms with E-state index in [1.807, 2.05) is 56.3 Å². The largest absolute Gasteiger partial charge is 0.351 e. The summed E-state index contributed by atoms with van der Waals surface area (Å²) in [5, 5.41) is 4.08. The van der Waals surface area contributed by atoms with Crippen molar-refractivity contribution in [1.82, 2.24) is 5.32 Å². The summed E-state index contributed by atoms with van der Waals surface area (Å²) in [6, 6.07) is 13.3. The van der Waals surface area contributed by atoms with Crippen LogP contribution in [0.5, 0.6) is 0 Å². The second kappa shape index (κ2) is 6.63. The Labute approximate surface area is 128 Å². The first kappa shape index (κ1) is 15.4. The Kier molecular flexibility index (Phi) is 4.85. The minimum Gasteiger partial charge on any atom is -0.351 e. The zero-order valence-electron chi connectivity index (χ0n) is 12.0. The van der Waals surface area contributed by atoms with Crippen molar-refractivity contribution in [1.29, 1.82) is 0 Å². The molecule has 5 heteroatoms. The first-order chi connectivity index (χ1) is 9.97. The van der Waals surface area contributed by atoms with E-state index >= 15 is 0 Å². The third-order valence-electron chi connectivity index (χ3n) is 3.09. The van der Waals surface area contributed by atoms with E-state index in [9.17, 15) is 9.59 Å². The number of hydrogen-bond donors (Lipinski definition) is 2. The van der Waals surface area contributed by atoms with E-state index in [1.165, 1.54) is 11.8 Å². The van der Waals surface area contributed by atoms with Gasteiger partial charge in [-0.1, -0.05) is 44.2 Å². The van der Waals surface area contributed by atoms with Crippen LogP contribution >= 0.6 is 11.8 Å². The predicted molar refractivity (Wildman–Crippen MR) is 86.2 cm³/mol. The van der Waals surface area contributed by atoms with Gasteiger partial charge in [0.1, 0.15) is 0 Å². The maximum absolute atomic E-state index is 12.0. The maximum atomic E-state index is 12.0. The third-order valence-corrected chi connectivity index (χ3v) is 4.63. The quantitative estimate of drug-likeness (QED) is 0.852. The molecule has 2 aromatic rings. The smallest absolute Gasteiger partial charge is 0.318 e. The number of amides is 3. The van der Waals surface area contributed by atoms with E-state index in [-0.39, 0.29) is 17.1 Å². The molecule has 1 unspecified atom stereocenters. The summed E-state index contributed by atoms with van der Waals surface area (Å²) in [7, 11) is 0. The van der Waals surface area contributed by atoms with Gasteiger partial charge in [-0.15, -0.1) is 11.8 Å². The normalized spacial score (nSPS) is 12.3. The number of carbonyl (C=O) groups is 2. The summed E-state index contributed by atoms with van der Waals surface area (Å²) >= 11 is 1.44. The molecule has 0 heterocycles. The van der Waals surface area contributed by atoms with Gasteiger partial charge in [0.2, 0.25) is 5.91 Å². The molecule has 0 saturated carbocycles. The molecule has 0 aliphatic heterocycles. The molecule has 0 bridgehead atoms. The van der Waals surface area contributed by atoms with E-state index in [0.29, 0.717) is 0 Å². The standard InChI is InChI=1S/C16H18N2O2S/c1-10(2)14(15(19)18-16(17)20)21-13-8-7-11-5-3-4-6-12(11)9-13/h3-10,14H,1-2H3,(H3,17,18,19,20). The summed E-state index contributed by atoms with van der Waals surface area (Å²) in [4.78, 5) is 23.9. The van der Waals surface area contributed by atoms with Gasteiger partial charge in [0, 0.05) is 4.90 Å². The molecule has 0 radical (unpaired) electrons. The van der Waals surface area contributed by atoms with E-state index < -0.39 is 6.03 Å². The molecule has 2 aromatic carbocycles. The fourth-order valence-corrected chi connectivity index (χ4v) is 3.15. The van der Waals surface area contributed by atoms with Crippen molar-refractivity contribution in [3.05, 3.63) is 42.5 Å². The lowest BCUT2D eigenvalue weighted by Crippen LogP contribution is -2.42. The SMILES string of the molecule is CC(C)C(Sc1ccc2ccccc2c1)C(=O)NC(N)=O. The van der Waals surface area contributed by atoms with Crippen LogP contribution in [0.1, 0.15) is 13.8 Å². The minimum absolute atomic E-state index is 0.0841. The highest BCUT2D eigenvalue weighted by atomic mass is 32.2. The number of benzene rings is 2. The lowest BCUT2D eigenvalue weighted by Gasteiger charge is -2.19. The predicted octanol–water partition coefficient (Wildman–Crippen LogP) is 3.15. The van der Waals surface area contributed by atoms with E-state index in [0.717, 1.165) is 15.7 Å². The Hall–Kier alpha value is -2.01. The van der Waals surface area contributed by atoms with Crippen LogP contribution in [0.4, 0.5) is 4.79 Å². The van der Waals surface area contributed by atoms with Crippen LogP contribution in [0.15, 0.2) is 47.4 Å². The Morgan fingerprint density at radius 2 is 1.76 bits per heavy atom. The van der Waals surface area contributed by atoms with Gasteiger partial charge in [0.05, 0.1) is 5.25 Å². The van der Waals surface area contributed by atoms with Crippen molar-refractivity contribution in [3.8, 4) is 0 Å². The second-order valence-electron chi connectivity index (χ2n) is 5.14. The van der Waals surface area contributed by atoms with E-state index in [2.05, 4.69) is 5.32 Å². The number of thioether (sulfide) groups is 1. The van der Waals surface area contributed by atoms with Gasteiger partial charge in [-0.05, 0) is 28.8 Å². The summed E-state index contributed by atoms with van der Waals surface area (Å²) in [6.07, 6.45) is 0. The van der Waals surface area contributed by atoms with Gasteiger partial charge in [0.25, 0.3) is 0 Å². The summed E-state index contributed by atoms with van der Waals surface area (Å²) in [6.45, 7) is 3.89. The molecule has 0 aromatic heterocycles. The lowest BCUT2D eigenvalue weighted by atomic mass is 10.1. The Morgan fingerprint density at radius 3 is 2.38 bits per heavy atom. The van der Waals surface area contributed by atoms with Crippen molar-refractivity contribution in [2.45, 2.75) is 24.0 Å². The molecule has 0 aliphatic carbocycles. The number of hydrogen-bond acceptors (Lipinski definition) is 3. The highest BCUT2D eigenvalue weighted by Crippen LogP contribution is 2.30. The van der Waals surface area contributed by atoms with Crippen LogP contribution in [0, 0.1) is 5.92 Å². The van der Waals surface area contributed by atoms with Crippen LogP contribution in [0.2, 0.25) is 0 Å². The van der Waals surface area contributed by atoms with Crippen LogP contribution in [0.3, 0.4) is 0 Å². The van der Waals surface area contributed by atoms with Gasteiger partial charge in [-0.2, -0.15) is 0 Å². The minimum atomic E-state index is -0.815. The van der Waals surface area contributed by atoms with E-state index in [4.69, 9.17) is 5.73 Å². The van der Waals surface area contributed by atoms with Crippen LogP contribution < -0.4 is 11.1 Å². The Bertz CT molecular complexity index is 670. The molecule has 3 N–H and O–H groups in total. The molecule has 4 nitrogen and oxygen atoms in total. The molecular formula is C16H18N2O2S. The van der Waals surface area contributed by atoms with Crippen molar-refractivity contribution in [2.75, 3.05) is 0 Å². The fraction of sp³-hybridized carbons (Fsp3) is 0.250. The fourth-order valence-electron chi connectivity index (χ4n) is 2.07. The summed E-state index contributed by atoms with van der Waals surface area (Å²) < 4.78 is 0. The molecule has 0 saturated heterocycles. The van der Waals surface area contributed by atoms with Crippen molar-refractivity contribution in [2.24, 2.45) is 11.7 Å². The average molecular weight is 302 g/mol. The topological polar surface area (TPSA) is 72.2 Å². The molecule has 21 heavy (non-hydrogen) atoms. The molecule has 110 valence electrons. The number of fused-ring (bicyclic) bond motifs is 1. The maximum Gasteiger partial charge on any atom is 0.318 e. The van der Waals surface area contributed by atoms with Crippen molar-refractivity contribution < 1.29 is 9.59 Å². The summed E-state index contributed by atoms with van der Waals surface area (Å²) in [5.41, 5.74) is 5.02. The number of urea groups is 1. The van der Waals surface area contributed by atoms with Crippen LogP contribution in [-0.2, 0) is 4.79 Å². The number of primary amides is 1. The second-order valence-corrected chi connectivity index (χ2v) is 6.36. The third kappa shape index (κ3) is 3.98. The molecule has 0 fully saturated rings. The van der Waals surface area contributed by atoms with Gasteiger partial charge in [0.15, 0.2) is 0 Å². The summed E-state index contributed by atoms with van der Waals surface area (Å²) in [5.74, 6) is -0.267. The van der Waals surface area contributed by atoms with Gasteiger partial charge >= 0.3 is 6.03 Å². The Morgan fingerprint density at radius 1 is 1.10 bits per heavy atom. The first-order valence-corrected chi connectivity index (χ1v) is 7.61. The molecule has 2 rings (SSSR count). The highest BCUT2D eigenvalue weighted by Gasteiger charge is 2.24. The monoisotopic (exact) mass is 302 g/mol. The van der Waals surface area contributed by atoms with Gasteiger partial charge in [-0.25, -0.2) is 4.79 Å². The molecule has 1 atom stereocenters. The van der Waals surface area contributed by atoms with Crippen LogP contribution in [0.25, 0.3) is 10.8 Å². The number of nitrogens with one attached hydrogen (secondary N) is 1. The van der Waals surface area contributed by atoms with E-state index in [1.54, 1.807) is 0 Å². The molecule has 3 amide bonds.